The van der Waals surface area contributed by atoms with Crippen LogP contribution in [-0.2, 0) is 19.0 Å². The fraction of sp³-hybridized carbons (Fsp3) is 0.632. The van der Waals surface area contributed by atoms with Crippen molar-refractivity contribution in [1.82, 2.24) is 4.90 Å². The predicted molar refractivity (Wildman–Crippen MR) is 99.8 cm³/mol. The van der Waals surface area contributed by atoms with Crippen molar-refractivity contribution in [2.75, 3.05) is 13.2 Å². The van der Waals surface area contributed by atoms with Gasteiger partial charge in [-0.25, -0.2) is 9.18 Å². The molecule has 0 N–H and O–H groups in total. The molecule has 0 radical (unpaired) electrons. The maximum Gasteiger partial charge on any atom is 0.410 e. The van der Waals surface area contributed by atoms with Gasteiger partial charge in [0, 0.05) is 12.5 Å². The molecule has 1 aliphatic heterocycles. The van der Waals surface area contributed by atoms with Crippen molar-refractivity contribution in [3.05, 3.63) is 29.8 Å². The predicted octanol–water partition coefficient (Wildman–Crippen LogP) is 3.83. The molecular weight excluding hydrogens is 373 g/mol. The molecule has 0 bridgehead atoms. The molecule has 0 aromatic heterocycles. The van der Waals surface area contributed by atoms with Gasteiger partial charge in [0.1, 0.15) is 11.8 Å². The van der Waals surface area contributed by atoms with Crippen LogP contribution in [0.25, 0.3) is 0 Å². The van der Waals surface area contributed by atoms with Crippen molar-refractivity contribution in [3.63, 3.8) is 0 Å². The average molecular weight is 402 g/mol. The van der Waals surface area contributed by atoms with Crippen LogP contribution in [-0.4, -0.2) is 50.4 Å². The lowest BCUT2D eigenvalue weighted by Gasteiger charge is -2.28. The van der Waals surface area contributed by atoms with Crippen LogP contribution in [0, 0.1) is 6.92 Å². The molecule has 8 heteroatoms. The molecule has 1 aliphatic rings. The van der Waals surface area contributed by atoms with E-state index in [1.807, 2.05) is 6.92 Å². The van der Waals surface area contributed by atoms with Gasteiger partial charge >= 0.3 is 6.09 Å². The van der Waals surface area contributed by atoms with Gasteiger partial charge in [0.05, 0.1) is 18.0 Å². The Morgan fingerprint density at radius 2 is 1.89 bits per heavy atom. The van der Waals surface area contributed by atoms with Crippen molar-refractivity contribution in [1.29, 1.82) is 0 Å². The Morgan fingerprint density at radius 1 is 1.26 bits per heavy atom. The molecule has 1 aromatic carbocycles. The summed E-state index contributed by atoms with van der Waals surface area (Å²) in [4.78, 5) is 13.7. The van der Waals surface area contributed by atoms with E-state index < -0.39 is 28.0 Å². The summed E-state index contributed by atoms with van der Waals surface area (Å²) in [6, 6.07) is 6.09. The summed E-state index contributed by atoms with van der Waals surface area (Å²) in [6.07, 6.45) is -0.574. The van der Waals surface area contributed by atoms with Crippen molar-refractivity contribution in [2.24, 2.45) is 0 Å². The molecule has 2 rings (SSSR count). The number of halogens is 1. The molecule has 0 spiro atoms. The van der Waals surface area contributed by atoms with E-state index >= 15 is 0 Å². The number of likely N-dealkylation sites (tertiary alicyclic amines) is 1. The van der Waals surface area contributed by atoms with Crippen LogP contribution < -0.4 is 0 Å². The van der Waals surface area contributed by atoms with Gasteiger partial charge in [-0.2, -0.15) is 8.42 Å². The van der Waals surface area contributed by atoms with Gasteiger partial charge in [-0.1, -0.05) is 17.7 Å². The second kappa shape index (κ2) is 8.56. The SMILES string of the molecule is Cc1ccc(S(=O)(=O)OCCC[C@@H]2C[C@H](F)CN2C(=O)OC(C)(C)C)cc1. The first-order chi connectivity index (χ1) is 12.5. The maximum absolute atomic E-state index is 13.8. The number of carbonyl (C=O) groups excluding carboxylic acids is 1. The zero-order valence-corrected chi connectivity index (χ0v) is 17.1. The summed E-state index contributed by atoms with van der Waals surface area (Å²) in [7, 11) is -3.82. The number of alkyl halides is 1. The van der Waals surface area contributed by atoms with Crippen LogP contribution in [0.15, 0.2) is 29.2 Å². The van der Waals surface area contributed by atoms with Crippen LogP contribution >= 0.6 is 0 Å². The molecule has 1 aromatic rings. The van der Waals surface area contributed by atoms with Gasteiger partial charge < -0.3 is 9.64 Å². The Labute approximate surface area is 160 Å². The topological polar surface area (TPSA) is 72.9 Å². The summed E-state index contributed by atoms with van der Waals surface area (Å²) in [5, 5.41) is 0. The van der Waals surface area contributed by atoms with E-state index in [9.17, 15) is 17.6 Å². The van der Waals surface area contributed by atoms with Gasteiger partial charge in [0.15, 0.2) is 0 Å². The van der Waals surface area contributed by atoms with Crippen LogP contribution in [0.5, 0.6) is 0 Å². The maximum atomic E-state index is 13.8. The van der Waals surface area contributed by atoms with Crippen molar-refractivity contribution in [2.45, 2.75) is 69.7 Å². The van der Waals surface area contributed by atoms with E-state index in [1.54, 1.807) is 32.9 Å². The van der Waals surface area contributed by atoms with Crippen LogP contribution in [0.4, 0.5) is 9.18 Å². The third-order valence-electron chi connectivity index (χ3n) is 4.22. The Bertz CT molecular complexity index is 742. The number of ether oxygens (including phenoxy) is 1. The zero-order chi connectivity index (χ0) is 20.2. The summed E-state index contributed by atoms with van der Waals surface area (Å²) in [5.74, 6) is 0. The first-order valence-corrected chi connectivity index (χ1v) is 10.5. The zero-order valence-electron chi connectivity index (χ0n) is 16.3. The second-order valence-corrected chi connectivity index (χ2v) is 9.47. The minimum Gasteiger partial charge on any atom is -0.444 e. The monoisotopic (exact) mass is 401 g/mol. The van der Waals surface area contributed by atoms with Gasteiger partial charge in [-0.3, -0.25) is 4.18 Å². The molecule has 0 saturated carbocycles. The van der Waals surface area contributed by atoms with Crippen molar-refractivity contribution >= 4 is 16.2 Å². The molecule has 1 amide bonds. The molecular formula is C19H28FNO5S. The Hall–Kier alpha value is -1.67. The molecule has 1 fully saturated rings. The molecule has 152 valence electrons. The third-order valence-corrected chi connectivity index (χ3v) is 5.55. The van der Waals surface area contributed by atoms with Crippen LogP contribution in [0.2, 0.25) is 0 Å². The van der Waals surface area contributed by atoms with Gasteiger partial charge in [-0.05, 0) is 52.7 Å². The standard InChI is InChI=1S/C19H28FNO5S/c1-14-7-9-17(10-8-14)27(23,24)25-11-5-6-16-12-15(20)13-21(16)18(22)26-19(2,3)4/h7-10,15-16H,5-6,11-13H2,1-4H3/t15-,16+/m0/s1. The Morgan fingerprint density at radius 3 is 2.48 bits per heavy atom. The van der Waals surface area contributed by atoms with E-state index in [-0.39, 0.29) is 30.5 Å². The highest BCUT2D eigenvalue weighted by molar-refractivity contribution is 7.86. The highest BCUT2D eigenvalue weighted by Gasteiger charge is 2.37. The van der Waals surface area contributed by atoms with Crippen molar-refractivity contribution in [3.8, 4) is 0 Å². The molecule has 1 saturated heterocycles. The molecule has 1 heterocycles. The number of benzene rings is 1. The van der Waals surface area contributed by atoms with Gasteiger partial charge in [-0.15, -0.1) is 0 Å². The fourth-order valence-electron chi connectivity index (χ4n) is 2.94. The van der Waals surface area contributed by atoms with E-state index in [0.29, 0.717) is 12.8 Å². The number of nitrogens with zero attached hydrogens (tertiary/aromatic N) is 1. The number of amides is 1. The highest BCUT2D eigenvalue weighted by atomic mass is 32.2. The Kier molecular flexibility index (Phi) is 6.86. The normalized spacial score (nSPS) is 20.7. The highest BCUT2D eigenvalue weighted by Crippen LogP contribution is 2.26. The molecule has 0 aliphatic carbocycles. The minimum absolute atomic E-state index is 0.00209. The van der Waals surface area contributed by atoms with E-state index in [2.05, 4.69) is 0 Å². The third kappa shape index (κ3) is 6.46. The first-order valence-electron chi connectivity index (χ1n) is 9.08. The average Bonchev–Trinajstić information content (AvgIpc) is 2.91. The number of hydrogen-bond donors (Lipinski definition) is 0. The first kappa shape index (κ1) is 21.6. The summed E-state index contributed by atoms with van der Waals surface area (Å²) in [5.41, 5.74) is 0.305. The molecule has 2 atom stereocenters. The lowest BCUT2D eigenvalue weighted by Crippen LogP contribution is -2.40. The number of rotatable bonds is 6. The van der Waals surface area contributed by atoms with Crippen LogP contribution in [0.3, 0.4) is 0 Å². The van der Waals surface area contributed by atoms with E-state index in [0.717, 1.165) is 5.56 Å². The minimum atomic E-state index is -3.82. The lowest BCUT2D eigenvalue weighted by molar-refractivity contribution is 0.0208. The lowest BCUT2D eigenvalue weighted by atomic mass is 10.1. The summed E-state index contributed by atoms with van der Waals surface area (Å²) in [6.45, 7) is 7.12. The Balaban J connectivity index is 1.86. The smallest absolute Gasteiger partial charge is 0.410 e. The number of hydrogen-bond acceptors (Lipinski definition) is 5. The summed E-state index contributed by atoms with van der Waals surface area (Å²) < 4.78 is 48.5. The molecule has 6 nitrogen and oxygen atoms in total. The van der Waals surface area contributed by atoms with Crippen molar-refractivity contribution < 1.29 is 26.5 Å². The van der Waals surface area contributed by atoms with Gasteiger partial charge in [0.2, 0.25) is 0 Å². The largest absolute Gasteiger partial charge is 0.444 e. The number of aryl methyl sites for hydroxylation is 1. The van der Waals surface area contributed by atoms with Gasteiger partial charge in [0.25, 0.3) is 10.1 Å². The quantitative estimate of drug-likeness (QED) is 0.535. The fourth-order valence-corrected chi connectivity index (χ4v) is 3.88. The van der Waals surface area contributed by atoms with E-state index in [1.165, 1.54) is 17.0 Å². The number of carbonyl (C=O) groups is 1. The van der Waals surface area contributed by atoms with Crippen LogP contribution in [0.1, 0.15) is 45.6 Å². The second-order valence-electron chi connectivity index (χ2n) is 7.85. The summed E-state index contributed by atoms with van der Waals surface area (Å²) >= 11 is 0. The molecule has 27 heavy (non-hydrogen) atoms. The molecule has 0 unspecified atom stereocenters. The van der Waals surface area contributed by atoms with E-state index in [4.69, 9.17) is 8.92 Å².